The van der Waals surface area contributed by atoms with Crippen molar-refractivity contribution in [2.45, 2.75) is 5.16 Å². The summed E-state index contributed by atoms with van der Waals surface area (Å²) >= 11 is 7.37. The zero-order chi connectivity index (χ0) is 13.0. The highest BCUT2D eigenvalue weighted by molar-refractivity contribution is 7.98. The van der Waals surface area contributed by atoms with Gasteiger partial charge in [-0.25, -0.2) is 9.97 Å². The Bertz CT molecular complexity index is 533. The van der Waals surface area contributed by atoms with E-state index in [1.807, 2.05) is 30.5 Å². The lowest BCUT2D eigenvalue weighted by molar-refractivity contribution is 0.415. The van der Waals surface area contributed by atoms with Crippen molar-refractivity contribution in [2.75, 3.05) is 18.7 Å². The number of rotatable bonds is 4. The van der Waals surface area contributed by atoms with Crippen LogP contribution in [0, 0.1) is 0 Å². The minimum absolute atomic E-state index is 0.422. The minimum atomic E-state index is 0.422. The van der Waals surface area contributed by atoms with Crippen molar-refractivity contribution in [2.24, 2.45) is 0 Å². The van der Waals surface area contributed by atoms with Gasteiger partial charge in [0.1, 0.15) is 16.7 Å². The van der Waals surface area contributed by atoms with E-state index < -0.39 is 0 Å². The number of aromatic nitrogens is 2. The molecule has 18 heavy (non-hydrogen) atoms. The molecule has 0 spiro atoms. The number of nitrogens with zero attached hydrogens (tertiary/aromatic N) is 2. The fourth-order valence-electron chi connectivity index (χ4n) is 1.37. The fraction of sp³-hybridized carbons (Fsp3) is 0.167. The molecule has 4 nitrogen and oxygen atoms in total. The Kier molecular flexibility index (Phi) is 4.28. The minimum Gasteiger partial charge on any atom is -0.497 e. The molecule has 2 aromatic rings. The molecule has 1 aromatic heterocycles. The monoisotopic (exact) mass is 281 g/mol. The second kappa shape index (κ2) is 5.93. The summed E-state index contributed by atoms with van der Waals surface area (Å²) in [5.41, 5.74) is 0.914. The molecule has 1 aromatic carbocycles. The van der Waals surface area contributed by atoms with E-state index in [1.165, 1.54) is 11.8 Å². The Labute approximate surface area is 115 Å². The summed E-state index contributed by atoms with van der Waals surface area (Å²) < 4.78 is 5.10. The van der Waals surface area contributed by atoms with Gasteiger partial charge in [0.05, 0.1) is 7.11 Å². The topological polar surface area (TPSA) is 47.0 Å². The Balaban J connectivity index is 2.19. The number of benzene rings is 1. The van der Waals surface area contributed by atoms with Gasteiger partial charge in [-0.1, -0.05) is 23.4 Å². The molecule has 0 saturated carbocycles. The van der Waals surface area contributed by atoms with Crippen LogP contribution in [-0.2, 0) is 0 Å². The van der Waals surface area contributed by atoms with Gasteiger partial charge >= 0.3 is 0 Å². The van der Waals surface area contributed by atoms with Crippen LogP contribution >= 0.6 is 23.4 Å². The predicted molar refractivity (Wildman–Crippen MR) is 75.1 cm³/mol. The molecule has 0 aliphatic heterocycles. The molecule has 1 heterocycles. The van der Waals surface area contributed by atoms with Crippen LogP contribution in [-0.4, -0.2) is 23.3 Å². The molecule has 1 N–H and O–H groups in total. The van der Waals surface area contributed by atoms with Crippen molar-refractivity contribution in [3.05, 3.63) is 35.5 Å². The van der Waals surface area contributed by atoms with Crippen LogP contribution in [0.5, 0.6) is 5.75 Å². The van der Waals surface area contributed by atoms with E-state index in [2.05, 4.69) is 15.3 Å². The van der Waals surface area contributed by atoms with Crippen molar-refractivity contribution < 1.29 is 4.74 Å². The van der Waals surface area contributed by atoms with Gasteiger partial charge in [-0.15, -0.1) is 0 Å². The number of nitrogens with one attached hydrogen (secondary N) is 1. The lowest BCUT2D eigenvalue weighted by Crippen LogP contribution is -1.96. The lowest BCUT2D eigenvalue weighted by atomic mass is 10.3. The number of thioether (sulfide) groups is 1. The molecule has 2 rings (SSSR count). The van der Waals surface area contributed by atoms with Gasteiger partial charge in [0, 0.05) is 11.8 Å². The molecule has 0 amide bonds. The number of anilines is 2. The first-order valence-corrected chi connectivity index (χ1v) is 6.81. The van der Waals surface area contributed by atoms with Gasteiger partial charge in [-0.05, 0) is 30.5 Å². The molecule has 94 valence electrons. The molecule has 0 radical (unpaired) electrons. The molecule has 0 saturated heterocycles. The number of hydrogen-bond acceptors (Lipinski definition) is 5. The third-order valence-electron chi connectivity index (χ3n) is 2.22. The van der Waals surface area contributed by atoms with E-state index in [1.54, 1.807) is 13.2 Å². The Morgan fingerprint density at radius 1 is 1.22 bits per heavy atom. The van der Waals surface area contributed by atoms with Crippen LogP contribution in [0.1, 0.15) is 0 Å². The third-order valence-corrected chi connectivity index (χ3v) is 2.96. The molecule has 0 unspecified atom stereocenters. The molecule has 0 aliphatic rings. The standard InChI is InChI=1S/C12H12ClN3OS/c1-17-9-5-3-8(4-6-9)14-11-7-10(13)15-12(16-11)18-2/h3-7H,1-2H3,(H,14,15,16). The summed E-state index contributed by atoms with van der Waals surface area (Å²) in [5.74, 6) is 1.48. The average Bonchev–Trinajstić information content (AvgIpc) is 2.39. The molecule has 0 fully saturated rings. The van der Waals surface area contributed by atoms with E-state index in [9.17, 15) is 0 Å². The van der Waals surface area contributed by atoms with Crippen LogP contribution in [0.25, 0.3) is 0 Å². The number of methoxy groups -OCH3 is 1. The van der Waals surface area contributed by atoms with Crippen molar-refractivity contribution >= 4 is 34.9 Å². The normalized spacial score (nSPS) is 10.2. The van der Waals surface area contributed by atoms with Gasteiger partial charge in [0.25, 0.3) is 0 Å². The van der Waals surface area contributed by atoms with Crippen molar-refractivity contribution in [3.8, 4) is 5.75 Å². The number of hydrogen-bond donors (Lipinski definition) is 1. The first kappa shape index (κ1) is 13.0. The average molecular weight is 282 g/mol. The molecule has 0 aliphatic carbocycles. The van der Waals surface area contributed by atoms with E-state index >= 15 is 0 Å². The third kappa shape index (κ3) is 3.27. The first-order valence-electron chi connectivity index (χ1n) is 5.21. The second-order valence-corrected chi connectivity index (χ2v) is 4.58. The SMILES string of the molecule is COc1ccc(Nc2cc(Cl)nc(SC)n2)cc1. The summed E-state index contributed by atoms with van der Waals surface area (Å²) in [6.45, 7) is 0. The Morgan fingerprint density at radius 2 is 1.94 bits per heavy atom. The van der Waals surface area contributed by atoms with Crippen molar-refractivity contribution in [3.63, 3.8) is 0 Å². The zero-order valence-electron chi connectivity index (χ0n) is 9.98. The van der Waals surface area contributed by atoms with Gasteiger partial charge < -0.3 is 10.1 Å². The van der Waals surface area contributed by atoms with Crippen molar-refractivity contribution in [1.29, 1.82) is 0 Å². The lowest BCUT2D eigenvalue weighted by Gasteiger charge is -2.07. The number of halogens is 1. The maximum Gasteiger partial charge on any atom is 0.190 e. The highest BCUT2D eigenvalue weighted by Crippen LogP contribution is 2.22. The summed E-state index contributed by atoms with van der Waals surface area (Å²) in [4.78, 5) is 8.39. The predicted octanol–water partition coefficient (Wildman–Crippen LogP) is 3.60. The zero-order valence-corrected chi connectivity index (χ0v) is 11.5. The van der Waals surface area contributed by atoms with Gasteiger partial charge in [0.15, 0.2) is 5.16 Å². The molecule has 0 atom stereocenters. The molecular weight excluding hydrogens is 270 g/mol. The van der Waals surface area contributed by atoms with Crippen molar-refractivity contribution in [1.82, 2.24) is 9.97 Å². The Hall–Kier alpha value is -1.46. The van der Waals surface area contributed by atoms with E-state index in [0.29, 0.717) is 16.1 Å². The smallest absolute Gasteiger partial charge is 0.190 e. The van der Waals surface area contributed by atoms with Crippen LogP contribution in [0.4, 0.5) is 11.5 Å². The summed E-state index contributed by atoms with van der Waals surface area (Å²) in [7, 11) is 1.64. The summed E-state index contributed by atoms with van der Waals surface area (Å²) in [6, 6.07) is 9.26. The van der Waals surface area contributed by atoms with Crippen LogP contribution in [0.15, 0.2) is 35.5 Å². The summed E-state index contributed by atoms with van der Waals surface area (Å²) in [5, 5.41) is 4.23. The molecular formula is C12H12ClN3OS. The highest BCUT2D eigenvalue weighted by atomic mass is 35.5. The van der Waals surface area contributed by atoms with Crippen LogP contribution in [0.2, 0.25) is 5.15 Å². The second-order valence-electron chi connectivity index (χ2n) is 3.42. The highest BCUT2D eigenvalue weighted by Gasteiger charge is 2.03. The van der Waals surface area contributed by atoms with Crippen LogP contribution < -0.4 is 10.1 Å². The maximum absolute atomic E-state index is 5.92. The maximum atomic E-state index is 5.92. The molecule has 0 bridgehead atoms. The van der Waals surface area contributed by atoms with Gasteiger partial charge in [0.2, 0.25) is 0 Å². The van der Waals surface area contributed by atoms with E-state index in [-0.39, 0.29) is 0 Å². The number of ether oxygens (including phenoxy) is 1. The first-order chi connectivity index (χ1) is 8.71. The van der Waals surface area contributed by atoms with E-state index in [0.717, 1.165) is 11.4 Å². The van der Waals surface area contributed by atoms with E-state index in [4.69, 9.17) is 16.3 Å². The van der Waals surface area contributed by atoms with Crippen LogP contribution in [0.3, 0.4) is 0 Å². The molecule has 6 heteroatoms. The largest absolute Gasteiger partial charge is 0.497 e. The Morgan fingerprint density at radius 3 is 2.56 bits per heavy atom. The quantitative estimate of drug-likeness (QED) is 0.527. The van der Waals surface area contributed by atoms with Gasteiger partial charge in [-0.3, -0.25) is 0 Å². The summed E-state index contributed by atoms with van der Waals surface area (Å²) in [6.07, 6.45) is 1.91. The fourth-order valence-corrected chi connectivity index (χ4v) is 1.99. The van der Waals surface area contributed by atoms with Gasteiger partial charge in [-0.2, -0.15) is 0 Å².